The largest absolute Gasteiger partial charge is 0.462 e. The zero-order valence-electron chi connectivity index (χ0n) is 16.5. The highest BCUT2D eigenvalue weighted by Crippen LogP contribution is 2.38. The second kappa shape index (κ2) is 9.85. The van der Waals surface area contributed by atoms with Gasteiger partial charge in [-0.3, -0.25) is 4.79 Å². The van der Waals surface area contributed by atoms with Crippen LogP contribution in [-0.4, -0.2) is 25.0 Å². The van der Waals surface area contributed by atoms with Crippen molar-refractivity contribution < 1.29 is 14.3 Å². The Bertz CT molecular complexity index is 817. The van der Waals surface area contributed by atoms with Gasteiger partial charge in [0.05, 0.1) is 18.7 Å². The molecule has 1 amide bonds. The third kappa shape index (κ3) is 5.00. The van der Waals surface area contributed by atoms with Crippen molar-refractivity contribution in [1.82, 2.24) is 5.32 Å². The lowest BCUT2D eigenvalue weighted by Gasteiger charge is -2.14. The molecule has 1 aliphatic rings. The summed E-state index contributed by atoms with van der Waals surface area (Å²) < 4.78 is 5.27. The number of anilines is 1. The summed E-state index contributed by atoms with van der Waals surface area (Å²) in [6.45, 7) is 4.34. The number of esters is 1. The van der Waals surface area contributed by atoms with Gasteiger partial charge in [0, 0.05) is 10.9 Å². The number of carbonyl (C=O) groups excluding carboxylic acids is 2. The molecule has 5 nitrogen and oxygen atoms in total. The van der Waals surface area contributed by atoms with E-state index in [-0.39, 0.29) is 24.5 Å². The Balaban J connectivity index is 1.70. The summed E-state index contributed by atoms with van der Waals surface area (Å²) in [6.07, 6.45) is 5.20. The molecular weight excluding hydrogens is 372 g/mol. The van der Waals surface area contributed by atoms with Gasteiger partial charge in [-0.05, 0) is 50.7 Å². The number of aryl methyl sites for hydroxylation is 1. The van der Waals surface area contributed by atoms with Gasteiger partial charge in [0.1, 0.15) is 5.00 Å². The first kappa shape index (κ1) is 20.6. The highest BCUT2D eigenvalue weighted by Gasteiger charge is 2.26. The first-order valence-corrected chi connectivity index (χ1v) is 10.8. The van der Waals surface area contributed by atoms with Crippen LogP contribution in [0, 0.1) is 0 Å². The molecule has 1 aromatic carbocycles. The number of fused-ring (bicyclic) bond motifs is 1. The van der Waals surface area contributed by atoms with Gasteiger partial charge in [-0.15, -0.1) is 11.3 Å². The van der Waals surface area contributed by atoms with Crippen molar-refractivity contribution in [3.05, 3.63) is 51.9 Å². The molecule has 28 heavy (non-hydrogen) atoms. The second-order valence-corrected chi connectivity index (χ2v) is 8.16. The number of carbonyl (C=O) groups is 2. The molecule has 2 aromatic rings. The van der Waals surface area contributed by atoms with E-state index >= 15 is 0 Å². The van der Waals surface area contributed by atoms with Gasteiger partial charge in [0.15, 0.2) is 0 Å². The fraction of sp³-hybridized carbons (Fsp3) is 0.455. The highest BCUT2D eigenvalue weighted by atomic mass is 32.1. The zero-order valence-corrected chi connectivity index (χ0v) is 17.4. The van der Waals surface area contributed by atoms with Crippen LogP contribution in [0.4, 0.5) is 5.00 Å². The van der Waals surface area contributed by atoms with E-state index in [0.29, 0.717) is 17.2 Å². The molecule has 0 radical (unpaired) electrons. The second-order valence-electron chi connectivity index (χ2n) is 7.05. The van der Waals surface area contributed by atoms with Crippen molar-refractivity contribution in [2.75, 3.05) is 18.5 Å². The van der Waals surface area contributed by atoms with E-state index in [2.05, 4.69) is 10.6 Å². The van der Waals surface area contributed by atoms with Gasteiger partial charge in [-0.25, -0.2) is 4.79 Å². The van der Waals surface area contributed by atoms with Crippen LogP contribution in [0.1, 0.15) is 65.5 Å². The van der Waals surface area contributed by atoms with E-state index in [0.717, 1.165) is 36.8 Å². The highest BCUT2D eigenvalue weighted by molar-refractivity contribution is 7.17. The number of amides is 1. The monoisotopic (exact) mass is 400 g/mol. The Morgan fingerprint density at radius 2 is 1.89 bits per heavy atom. The minimum absolute atomic E-state index is 0.0662. The van der Waals surface area contributed by atoms with E-state index in [9.17, 15) is 9.59 Å². The summed E-state index contributed by atoms with van der Waals surface area (Å²) in [6, 6.07) is 10.1. The van der Waals surface area contributed by atoms with E-state index in [4.69, 9.17) is 4.74 Å². The number of thiophene rings is 1. The summed E-state index contributed by atoms with van der Waals surface area (Å²) in [7, 11) is 0. The van der Waals surface area contributed by atoms with Crippen LogP contribution in [0.2, 0.25) is 0 Å². The van der Waals surface area contributed by atoms with Gasteiger partial charge >= 0.3 is 5.97 Å². The van der Waals surface area contributed by atoms with Crippen molar-refractivity contribution in [1.29, 1.82) is 0 Å². The molecule has 2 N–H and O–H groups in total. The Labute approximate surface area is 170 Å². The number of rotatable bonds is 7. The molecule has 0 aliphatic heterocycles. The fourth-order valence-corrected chi connectivity index (χ4v) is 4.82. The molecule has 0 saturated carbocycles. The lowest BCUT2D eigenvalue weighted by molar-refractivity contribution is -0.115. The van der Waals surface area contributed by atoms with E-state index in [1.165, 1.54) is 22.6 Å². The minimum atomic E-state index is -0.331. The molecule has 0 unspecified atom stereocenters. The van der Waals surface area contributed by atoms with Gasteiger partial charge in [-0.1, -0.05) is 36.8 Å². The molecule has 1 aliphatic carbocycles. The number of ether oxygens (including phenoxy) is 1. The van der Waals surface area contributed by atoms with Crippen LogP contribution in [0.25, 0.3) is 0 Å². The molecule has 0 fully saturated rings. The van der Waals surface area contributed by atoms with Crippen LogP contribution in [0.3, 0.4) is 0 Å². The average molecular weight is 401 g/mol. The molecule has 0 bridgehead atoms. The first-order valence-electron chi connectivity index (χ1n) is 10.00. The molecular formula is C22H28N2O3S. The predicted octanol–water partition coefficient (Wildman–Crippen LogP) is 4.48. The third-order valence-corrected chi connectivity index (χ3v) is 6.23. The van der Waals surface area contributed by atoms with Gasteiger partial charge in [0.25, 0.3) is 0 Å². The van der Waals surface area contributed by atoms with Gasteiger partial charge in [0.2, 0.25) is 5.91 Å². The average Bonchev–Trinajstić information content (AvgIpc) is 2.87. The number of nitrogens with one attached hydrogen (secondary N) is 2. The lowest BCUT2D eigenvalue weighted by atomic mass is 10.1. The standard InChI is InChI=1S/C22H28N2O3S/c1-3-27-22(26)20-17-12-8-5-9-13-18(17)28-21(20)24-19(25)14-23-15(2)16-10-6-4-7-11-16/h4,6-7,10-11,15,23H,3,5,8-9,12-14H2,1-2H3,(H,24,25)/t15-/m1/s1. The van der Waals surface area contributed by atoms with Gasteiger partial charge < -0.3 is 15.4 Å². The summed E-state index contributed by atoms with van der Waals surface area (Å²) in [5, 5.41) is 6.82. The van der Waals surface area contributed by atoms with Crippen molar-refractivity contribution >= 4 is 28.2 Å². The summed E-state index contributed by atoms with van der Waals surface area (Å²) >= 11 is 1.53. The number of benzene rings is 1. The minimum Gasteiger partial charge on any atom is -0.462 e. The third-order valence-electron chi connectivity index (χ3n) is 5.02. The Morgan fingerprint density at radius 3 is 2.64 bits per heavy atom. The lowest BCUT2D eigenvalue weighted by Crippen LogP contribution is -2.30. The maximum absolute atomic E-state index is 12.6. The fourth-order valence-electron chi connectivity index (χ4n) is 3.53. The van der Waals surface area contributed by atoms with Crippen LogP contribution in [-0.2, 0) is 22.4 Å². The number of hydrogen-bond donors (Lipinski definition) is 2. The van der Waals surface area contributed by atoms with E-state index < -0.39 is 0 Å². The van der Waals surface area contributed by atoms with Crippen LogP contribution >= 0.6 is 11.3 Å². The van der Waals surface area contributed by atoms with Crippen molar-refractivity contribution in [3.8, 4) is 0 Å². The molecule has 1 aromatic heterocycles. The van der Waals surface area contributed by atoms with Crippen LogP contribution in [0.15, 0.2) is 30.3 Å². The Hall–Kier alpha value is -2.18. The van der Waals surface area contributed by atoms with Crippen LogP contribution in [0.5, 0.6) is 0 Å². The Morgan fingerprint density at radius 1 is 1.14 bits per heavy atom. The predicted molar refractivity (Wildman–Crippen MR) is 113 cm³/mol. The molecule has 150 valence electrons. The maximum atomic E-state index is 12.6. The smallest absolute Gasteiger partial charge is 0.341 e. The molecule has 0 saturated heterocycles. The summed E-state index contributed by atoms with van der Waals surface area (Å²) in [5.74, 6) is -0.479. The molecule has 6 heteroatoms. The van der Waals surface area contributed by atoms with E-state index in [1.54, 1.807) is 6.92 Å². The molecule has 0 spiro atoms. The maximum Gasteiger partial charge on any atom is 0.341 e. The normalized spacial score (nSPS) is 14.6. The van der Waals surface area contributed by atoms with Gasteiger partial charge in [-0.2, -0.15) is 0 Å². The van der Waals surface area contributed by atoms with Crippen molar-refractivity contribution in [3.63, 3.8) is 0 Å². The summed E-state index contributed by atoms with van der Waals surface area (Å²) in [5.41, 5.74) is 2.76. The zero-order chi connectivity index (χ0) is 19.9. The molecule has 1 heterocycles. The van der Waals surface area contributed by atoms with Crippen molar-refractivity contribution in [2.24, 2.45) is 0 Å². The molecule has 3 rings (SSSR count). The van der Waals surface area contributed by atoms with Crippen LogP contribution < -0.4 is 10.6 Å². The topological polar surface area (TPSA) is 67.4 Å². The van der Waals surface area contributed by atoms with Crippen molar-refractivity contribution in [2.45, 2.75) is 52.0 Å². The summed E-state index contributed by atoms with van der Waals surface area (Å²) in [4.78, 5) is 26.3. The Kier molecular flexibility index (Phi) is 7.23. The first-order chi connectivity index (χ1) is 13.6. The molecule has 1 atom stereocenters. The quantitative estimate of drug-likeness (QED) is 0.531. The number of hydrogen-bond acceptors (Lipinski definition) is 5. The SMILES string of the molecule is CCOC(=O)c1c(NC(=O)CN[C@H](C)c2ccccc2)sc2c1CCCCC2. The van der Waals surface area contributed by atoms with E-state index in [1.807, 2.05) is 37.3 Å².